The lowest BCUT2D eigenvalue weighted by molar-refractivity contribution is -0.143. The number of carbonyl (C=O) groups is 1. The highest BCUT2D eigenvalue weighted by atomic mass is 19.4. The fraction of sp³-hybridized carbons (Fsp3) is 0.214. The van der Waals surface area contributed by atoms with Gasteiger partial charge >= 0.3 is 18.3 Å². The maximum Gasteiger partial charge on any atom is 0.416 e. The molecule has 1 heterocycles. The molecule has 0 aliphatic carbocycles. The van der Waals surface area contributed by atoms with E-state index in [4.69, 9.17) is 4.42 Å². The number of furan rings is 1. The van der Waals surface area contributed by atoms with Crippen molar-refractivity contribution in [2.45, 2.75) is 12.4 Å². The fourth-order valence-corrected chi connectivity index (χ4v) is 1.80. The monoisotopic (exact) mass is 338 g/mol. The van der Waals surface area contributed by atoms with Crippen LogP contribution in [-0.4, -0.2) is 13.1 Å². The van der Waals surface area contributed by atoms with Gasteiger partial charge in [-0.2, -0.15) is 26.3 Å². The Morgan fingerprint density at radius 2 is 1.48 bits per heavy atom. The van der Waals surface area contributed by atoms with Gasteiger partial charge in [0.15, 0.2) is 0 Å². The second-order valence-corrected chi connectivity index (χ2v) is 4.45. The lowest BCUT2D eigenvalue weighted by Gasteiger charge is -2.13. The van der Waals surface area contributed by atoms with Crippen molar-refractivity contribution in [3.8, 4) is 11.3 Å². The third-order valence-corrected chi connectivity index (χ3v) is 2.86. The van der Waals surface area contributed by atoms with E-state index >= 15 is 0 Å². The normalized spacial score (nSPS) is 12.3. The van der Waals surface area contributed by atoms with Crippen molar-refractivity contribution in [2.75, 3.05) is 7.11 Å². The smallest absolute Gasteiger partial charge is 0.416 e. The summed E-state index contributed by atoms with van der Waals surface area (Å²) >= 11 is 0. The van der Waals surface area contributed by atoms with Crippen LogP contribution in [0.5, 0.6) is 0 Å². The summed E-state index contributed by atoms with van der Waals surface area (Å²) < 4.78 is 85.9. The molecule has 0 amide bonds. The number of halogens is 6. The van der Waals surface area contributed by atoms with Gasteiger partial charge in [-0.05, 0) is 30.3 Å². The molecule has 124 valence electrons. The summed E-state index contributed by atoms with van der Waals surface area (Å²) in [5.41, 5.74) is -3.40. The van der Waals surface area contributed by atoms with Crippen LogP contribution in [-0.2, 0) is 17.1 Å². The molecule has 0 fully saturated rings. The Labute approximate surface area is 125 Å². The number of esters is 1. The lowest BCUT2D eigenvalue weighted by Crippen LogP contribution is -2.11. The predicted molar refractivity (Wildman–Crippen MR) is 65.5 cm³/mol. The van der Waals surface area contributed by atoms with Crippen molar-refractivity contribution in [2.24, 2.45) is 0 Å². The number of hydrogen-bond donors (Lipinski definition) is 0. The Hall–Kier alpha value is -2.45. The zero-order chi connectivity index (χ0) is 17.4. The molecule has 0 bridgehead atoms. The molecule has 0 aliphatic rings. The number of rotatable bonds is 2. The first-order chi connectivity index (χ1) is 10.5. The molecule has 2 aromatic rings. The van der Waals surface area contributed by atoms with E-state index in [0.29, 0.717) is 12.1 Å². The molecule has 2 rings (SSSR count). The van der Waals surface area contributed by atoms with Gasteiger partial charge in [0.1, 0.15) is 5.76 Å². The molecule has 1 aromatic heterocycles. The molecular weight excluding hydrogens is 330 g/mol. The third-order valence-electron chi connectivity index (χ3n) is 2.86. The molecule has 3 nitrogen and oxygen atoms in total. The highest BCUT2D eigenvalue weighted by molar-refractivity contribution is 5.87. The van der Waals surface area contributed by atoms with E-state index in [9.17, 15) is 31.1 Å². The molecular formula is C14H8F6O3. The number of hydrogen-bond acceptors (Lipinski definition) is 3. The quantitative estimate of drug-likeness (QED) is 0.585. The van der Waals surface area contributed by atoms with Crippen LogP contribution >= 0.6 is 0 Å². The van der Waals surface area contributed by atoms with Gasteiger partial charge in [-0.1, -0.05) is 0 Å². The highest BCUT2D eigenvalue weighted by Crippen LogP contribution is 2.38. The molecule has 9 heteroatoms. The van der Waals surface area contributed by atoms with E-state index in [1.54, 1.807) is 0 Å². The van der Waals surface area contributed by atoms with Gasteiger partial charge in [-0.25, -0.2) is 4.79 Å². The van der Waals surface area contributed by atoms with Gasteiger partial charge < -0.3 is 9.15 Å². The minimum atomic E-state index is -4.96. The highest BCUT2D eigenvalue weighted by Gasteiger charge is 2.37. The maximum absolute atomic E-state index is 12.8. The number of carbonyl (C=O) groups excluding carboxylic acids is 1. The molecule has 1 aromatic carbocycles. The average molecular weight is 338 g/mol. The van der Waals surface area contributed by atoms with Crippen LogP contribution in [0.1, 0.15) is 21.7 Å². The number of methoxy groups -OCH3 is 1. The van der Waals surface area contributed by atoms with Gasteiger partial charge in [-0.15, -0.1) is 0 Å². The van der Waals surface area contributed by atoms with Crippen molar-refractivity contribution < 1.29 is 40.3 Å². The fourth-order valence-electron chi connectivity index (χ4n) is 1.80. The van der Waals surface area contributed by atoms with Crippen molar-refractivity contribution in [1.29, 1.82) is 0 Å². The Morgan fingerprint density at radius 3 is 1.91 bits per heavy atom. The first-order valence-corrected chi connectivity index (χ1v) is 6.00. The first kappa shape index (κ1) is 16.9. The molecule has 0 spiro atoms. The molecule has 0 unspecified atom stereocenters. The van der Waals surface area contributed by atoms with Crippen molar-refractivity contribution >= 4 is 5.97 Å². The number of alkyl halides is 6. The Morgan fingerprint density at radius 1 is 0.957 bits per heavy atom. The largest absolute Gasteiger partial charge is 0.463 e. The van der Waals surface area contributed by atoms with Gasteiger partial charge in [-0.3, -0.25) is 0 Å². The SMILES string of the molecule is COC(=O)c1ccc(-c2cc(C(F)(F)F)cc(C(F)(F)F)c2)o1. The summed E-state index contributed by atoms with van der Waals surface area (Å²) in [5.74, 6) is -1.56. The lowest BCUT2D eigenvalue weighted by atomic mass is 10.0. The van der Waals surface area contributed by atoms with Gasteiger partial charge in [0, 0.05) is 5.56 Å². The van der Waals surface area contributed by atoms with E-state index in [2.05, 4.69) is 4.74 Å². The average Bonchev–Trinajstić information content (AvgIpc) is 2.94. The minimum Gasteiger partial charge on any atom is -0.463 e. The standard InChI is InChI=1S/C14H8F6O3/c1-22-12(21)11-3-2-10(23-11)7-4-8(13(15,16)17)6-9(5-7)14(18,19)20/h2-6H,1H3. The number of ether oxygens (including phenoxy) is 1. The van der Waals surface area contributed by atoms with Gasteiger partial charge in [0.05, 0.1) is 18.2 Å². The summed E-state index contributed by atoms with van der Waals surface area (Å²) in [5, 5.41) is 0. The van der Waals surface area contributed by atoms with Crippen molar-refractivity contribution in [1.82, 2.24) is 0 Å². The van der Waals surface area contributed by atoms with E-state index in [1.165, 1.54) is 0 Å². The Bertz CT molecular complexity index is 695. The zero-order valence-corrected chi connectivity index (χ0v) is 11.4. The predicted octanol–water partition coefficient (Wildman–Crippen LogP) is 4.77. The summed E-state index contributed by atoms with van der Waals surface area (Å²) in [6.07, 6.45) is -9.93. The van der Waals surface area contributed by atoms with Gasteiger partial charge in [0.25, 0.3) is 0 Å². The Balaban J connectivity index is 2.57. The molecule has 23 heavy (non-hydrogen) atoms. The van der Waals surface area contributed by atoms with Crippen LogP contribution in [0.2, 0.25) is 0 Å². The van der Waals surface area contributed by atoms with Crippen LogP contribution in [0.25, 0.3) is 11.3 Å². The topological polar surface area (TPSA) is 39.4 Å². The molecule has 0 N–H and O–H groups in total. The zero-order valence-electron chi connectivity index (χ0n) is 11.4. The van der Waals surface area contributed by atoms with Crippen LogP contribution in [0.4, 0.5) is 26.3 Å². The molecule has 0 saturated heterocycles. The van der Waals surface area contributed by atoms with Crippen LogP contribution in [0, 0.1) is 0 Å². The molecule has 0 radical (unpaired) electrons. The second-order valence-electron chi connectivity index (χ2n) is 4.45. The minimum absolute atomic E-state index is 0.00760. The molecule has 0 aliphatic heterocycles. The van der Waals surface area contributed by atoms with E-state index in [1.807, 2.05) is 0 Å². The van der Waals surface area contributed by atoms with E-state index in [0.717, 1.165) is 19.2 Å². The first-order valence-electron chi connectivity index (χ1n) is 6.00. The van der Waals surface area contributed by atoms with Gasteiger partial charge in [0.2, 0.25) is 5.76 Å². The van der Waals surface area contributed by atoms with Crippen LogP contribution < -0.4 is 0 Å². The Kier molecular flexibility index (Phi) is 4.14. The van der Waals surface area contributed by atoms with E-state index in [-0.39, 0.29) is 17.6 Å². The number of benzene rings is 1. The summed E-state index contributed by atoms with van der Waals surface area (Å²) in [6.45, 7) is 0. The van der Waals surface area contributed by atoms with Crippen LogP contribution in [0.3, 0.4) is 0 Å². The maximum atomic E-state index is 12.8. The summed E-state index contributed by atoms with van der Waals surface area (Å²) in [7, 11) is 1.05. The second kappa shape index (κ2) is 5.64. The van der Waals surface area contributed by atoms with Crippen molar-refractivity contribution in [3.63, 3.8) is 0 Å². The van der Waals surface area contributed by atoms with E-state index < -0.39 is 35.0 Å². The van der Waals surface area contributed by atoms with Crippen molar-refractivity contribution in [3.05, 3.63) is 47.2 Å². The third kappa shape index (κ3) is 3.66. The van der Waals surface area contributed by atoms with Crippen LogP contribution in [0.15, 0.2) is 34.7 Å². The molecule has 0 saturated carbocycles. The summed E-state index contributed by atoms with van der Waals surface area (Å²) in [4.78, 5) is 11.2. The molecule has 0 atom stereocenters. The summed E-state index contributed by atoms with van der Waals surface area (Å²) in [6, 6.07) is 3.20.